The Morgan fingerprint density at radius 3 is 2.52 bits per heavy atom. The molecule has 0 N–H and O–H groups in total. The summed E-state index contributed by atoms with van der Waals surface area (Å²) >= 11 is 11.9. The molecule has 0 spiro atoms. The molecular formula is C23H33ClN6S. The van der Waals surface area contributed by atoms with E-state index in [1.807, 2.05) is 29.0 Å². The van der Waals surface area contributed by atoms with E-state index in [1.54, 1.807) is 0 Å². The van der Waals surface area contributed by atoms with Gasteiger partial charge in [0.05, 0.1) is 6.67 Å². The van der Waals surface area contributed by atoms with Gasteiger partial charge in [0.2, 0.25) is 0 Å². The zero-order valence-electron chi connectivity index (χ0n) is 18.3. The van der Waals surface area contributed by atoms with Crippen LogP contribution in [0.25, 0.3) is 0 Å². The fourth-order valence-corrected chi connectivity index (χ4v) is 4.99. The molecule has 2 aliphatic rings. The van der Waals surface area contributed by atoms with Gasteiger partial charge in [0, 0.05) is 56.4 Å². The molecule has 0 radical (unpaired) electrons. The molecule has 3 heterocycles. The fourth-order valence-electron chi connectivity index (χ4n) is 4.53. The predicted octanol–water partition coefficient (Wildman–Crippen LogP) is 4.06. The average Bonchev–Trinajstić information content (AvgIpc) is 3.08. The summed E-state index contributed by atoms with van der Waals surface area (Å²) in [5.41, 5.74) is 1.19. The molecule has 1 aromatic heterocycles. The Kier molecular flexibility index (Phi) is 7.82. The van der Waals surface area contributed by atoms with Gasteiger partial charge in [-0.1, -0.05) is 30.2 Å². The molecule has 0 aliphatic carbocycles. The number of rotatable bonds is 8. The maximum atomic E-state index is 6.16. The lowest BCUT2D eigenvalue weighted by molar-refractivity contribution is 0.193. The van der Waals surface area contributed by atoms with E-state index in [0.29, 0.717) is 0 Å². The number of likely N-dealkylation sites (tertiary alicyclic amines) is 1. The molecule has 0 bridgehead atoms. The van der Waals surface area contributed by atoms with Gasteiger partial charge in [-0.25, -0.2) is 4.68 Å². The highest BCUT2D eigenvalue weighted by Crippen LogP contribution is 2.21. The Balaban J connectivity index is 1.37. The summed E-state index contributed by atoms with van der Waals surface area (Å²) in [5.74, 6) is 1.08. The van der Waals surface area contributed by atoms with E-state index in [9.17, 15) is 0 Å². The molecule has 1 aromatic carbocycles. The summed E-state index contributed by atoms with van der Waals surface area (Å²) < 4.78 is 4.94. The average molecular weight is 461 g/mol. The van der Waals surface area contributed by atoms with Crippen molar-refractivity contribution in [2.45, 2.75) is 38.9 Å². The first kappa shape index (κ1) is 22.5. The summed E-state index contributed by atoms with van der Waals surface area (Å²) in [7, 11) is 0. The van der Waals surface area contributed by atoms with E-state index in [1.165, 1.54) is 38.0 Å². The molecule has 0 atom stereocenters. The van der Waals surface area contributed by atoms with Gasteiger partial charge in [-0.2, -0.15) is 5.10 Å². The lowest BCUT2D eigenvalue weighted by atomic mass is 10.1. The third-order valence-electron chi connectivity index (χ3n) is 6.29. The van der Waals surface area contributed by atoms with Gasteiger partial charge in [0.25, 0.3) is 0 Å². The van der Waals surface area contributed by atoms with Gasteiger partial charge in [0.15, 0.2) is 4.77 Å². The van der Waals surface area contributed by atoms with Gasteiger partial charge in [-0.3, -0.25) is 4.90 Å². The Morgan fingerprint density at radius 2 is 1.81 bits per heavy atom. The van der Waals surface area contributed by atoms with Crippen molar-refractivity contribution >= 4 is 29.5 Å². The van der Waals surface area contributed by atoms with Crippen LogP contribution in [0, 0.1) is 4.77 Å². The van der Waals surface area contributed by atoms with E-state index in [4.69, 9.17) is 28.9 Å². The molecular weight excluding hydrogens is 428 g/mol. The highest BCUT2D eigenvalue weighted by molar-refractivity contribution is 7.71. The summed E-state index contributed by atoms with van der Waals surface area (Å²) in [4.78, 5) is 7.37. The number of allylic oxidation sites excluding steroid dienone is 1. The minimum Gasteiger partial charge on any atom is -0.369 e. The van der Waals surface area contributed by atoms with Crippen molar-refractivity contribution in [1.29, 1.82) is 0 Å². The molecule has 8 heteroatoms. The topological polar surface area (TPSA) is 32.5 Å². The van der Waals surface area contributed by atoms with E-state index >= 15 is 0 Å². The third kappa shape index (κ3) is 5.77. The van der Waals surface area contributed by atoms with Gasteiger partial charge in [-0.05, 0) is 56.3 Å². The molecule has 31 heavy (non-hydrogen) atoms. The van der Waals surface area contributed by atoms with Crippen molar-refractivity contribution in [3.63, 3.8) is 0 Å². The van der Waals surface area contributed by atoms with E-state index < -0.39 is 0 Å². The van der Waals surface area contributed by atoms with Crippen molar-refractivity contribution in [2.75, 3.05) is 50.7 Å². The number of hydrogen-bond donors (Lipinski definition) is 0. The van der Waals surface area contributed by atoms with Crippen molar-refractivity contribution in [2.24, 2.45) is 0 Å². The summed E-state index contributed by atoms with van der Waals surface area (Å²) in [6.45, 7) is 12.8. The van der Waals surface area contributed by atoms with Crippen LogP contribution in [0.5, 0.6) is 0 Å². The Hall–Kier alpha value is -1.67. The first-order valence-electron chi connectivity index (χ1n) is 11.4. The van der Waals surface area contributed by atoms with E-state index in [-0.39, 0.29) is 0 Å². The van der Waals surface area contributed by atoms with Crippen LogP contribution >= 0.6 is 23.8 Å². The van der Waals surface area contributed by atoms with Crippen molar-refractivity contribution < 1.29 is 0 Å². The quantitative estimate of drug-likeness (QED) is 0.438. The lowest BCUT2D eigenvalue weighted by Crippen LogP contribution is -2.47. The number of piperidine rings is 1. The second-order valence-electron chi connectivity index (χ2n) is 8.48. The standard InChI is InChI=1S/C23H33ClN6S/c1-2-10-29-22(9-13-26-11-4-3-5-12-26)25-30(23(29)31)19-27-14-16-28(17-15-27)21-8-6-7-20(24)18-21/h2,6-8,18H,1,3-5,9-17,19H2. The number of aromatic nitrogens is 3. The maximum Gasteiger partial charge on any atom is 0.199 e. The number of hydrogen-bond acceptors (Lipinski definition) is 5. The van der Waals surface area contributed by atoms with Crippen LogP contribution in [-0.4, -0.2) is 70.0 Å². The Morgan fingerprint density at radius 1 is 1.03 bits per heavy atom. The summed E-state index contributed by atoms with van der Waals surface area (Å²) in [5, 5.41) is 5.71. The van der Waals surface area contributed by atoms with Crippen LogP contribution in [0.2, 0.25) is 5.02 Å². The van der Waals surface area contributed by atoms with Crippen LogP contribution in [0.4, 0.5) is 5.69 Å². The number of anilines is 1. The van der Waals surface area contributed by atoms with E-state index in [0.717, 1.165) is 68.0 Å². The number of benzene rings is 1. The zero-order valence-corrected chi connectivity index (χ0v) is 19.8. The molecule has 6 nitrogen and oxygen atoms in total. The SMILES string of the molecule is C=CCn1c(CCN2CCCCC2)nn(CN2CCN(c3cccc(Cl)c3)CC2)c1=S. The molecule has 2 aromatic rings. The molecule has 2 saturated heterocycles. The molecule has 2 fully saturated rings. The van der Waals surface area contributed by atoms with Crippen LogP contribution < -0.4 is 4.90 Å². The van der Waals surface area contributed by atoms with Gasteiger partial charge < -0.3 is 14.4 Å². The number of halogens is 1. The monoisotopic (exact) mass is 460 g/mol. The molecule has 4 rings (SSSR count). The van der Waals surface area contributed by atoms with Gasteiger partial charge in [-0.15, -0.1) is 6.58 Å². The minimum atomic E-state index is 0.719. The smallest absolute Gasteiger partial charge is 0.199 e. The molecule has 0 saturated carbocycles. The zero-order chi connectivity index (χ0) is 21.6. The normalized spacial score (nSPS) is 18.4. The largest absolute Gasteiger partial charge is 0.369 e. The first-order valence-corrected chi connectivity index (χ1v) is 12.2. The molecule has 2 aliphatic heterocycles. The van der Waals surface area contributed by atoms with Crippen molar-refractivity contribution in [3.05, 3.63) is 52.5 Å². The van der Waals surface area contributed by atoms with Crippen LogP contribution in [0.1, 0.15) is 25.1 Å². The van der Waals surface area contributed by atoms with Crippen LogP contribution in [0.15, 0.2) is 36.9 Å². The second-order valence-corrected chi connectivity index (χ2v) is 9.28. The maximum absolute atomic E-state index is 6.16. The van der Waals surface area contributed by atoms with E-state index in [2.05, 4.69) is 31.9 Å². The Labute approximate surface area is 195 Å². The Bertz CT molecular complexity index is 924. The highest BCUT2D eigenvalue weighted by Gasteiger charge is 2.20. The highest BCUT2D eigenvalue weighted by atomic mass is 35.5. The summed E-state index contributed by atoms with van der Waals surface area (Å²) in [6, 6.07) is 8.11. The third-order valence-corrected chi connectivity index (χ3v) is 6.96. The van der Waals surface area contributed by atoms with Crippen molar-refractivity contribution in [1.82, 2.24) is 24.1 Å². The van der Waals surface area contributed by atoms with Gasteiger partial charge in [0.1, 0.15) is 5.82 Å². The van der Waals surface area contributed by atoms with Crippen LogP contribution in [-0.2, 0) is 19.6 Å². The van der Waals surface area contributed by atoms with Crippen LogP contribution in [0.3, 0.4) is 0 Å². The van der Waals surface area contributed by atoms with Crippen molar-refractivity contribution in [3.8, 4) is 0 Å². The molecule has 168 valence electrons. The molecule has 0 amide bonds. The second kappa shape index (κ2) is 10.8. The number of piperazine rings is 1. The first-order chi connectivity index (χ1) is 15.1. The van der Waals surface area contributed by atoms with Gasteiger partial charge >= 0.3 is 0 Å². The predicted molar refractivity (Wildman–Crippen MR) is 130 cm³/mol. The fraction of sp³-hybridized carbons (Fsp3) is 0.565. The number of nitrogens with zero attached hydrogens (tertiary/aromatic N) is 6. The minimum absolute atomic E-state index is 0.719. The molecule has 0 unspecified atom stereocenters. The summed E-state index contributed by atoms with van der Waals surface area (Å²) in [6.07, 6.45) is 6.84. The lowest BCUT2D eigenvalue weighted by Gasteiger charge is -2.35.